The molecule has 2 N–H and O–H groups in total. The summed E-state index contributed by atoms with van der Waals surface area (Å²) in [6.45, 7) is 2.23. The van der Waals surface area contributed by atoms with Crippen LogP contribution in [0.25, 0.3) is 11.4 Å². The lowest BCUT2D eigenvalue weighted by molar-refractivity contribution is 0.438. The van der Waals surface area contributed by atoms with Crippen LogP contribution in [0.15, 0.2) is 23.3 Å². The molecule has 3 rings (SSSR count). The van der Waals surface area contributed by atoms with Crippen molar-refractivity contribution in [3.8, 4) is 11.4 Å². The summed E-state index contributed by atoms with van der Waals surface area (Å²) in [7, 11) is 0. The van der Waals surface area contributed by atoms with Gasteiger partial charge in [-0.15, -0.1) is 0 Å². The van der Waals surface area contributed by atoms with Crippen LogP contribution in [0.1, 0.15) is 31.2 Å². The number of rotatable bonds is 2. The van der Waals surface area contributed by atoms with E-state index < -0.39 is 0 Å². The van der Waals surface area contributed by atoms with Gasteiger partial charge in [-0.3, -0.25) is 4.79 Å². The number of nitrogens with zero attached hydrogens (tertiary/aromatic N) is 1. The number of imidazole rings is 1. The molecule has 0 fully saturated rings. The van der Waals surface area contributed by atoms with E-state index in [1.165, 1.54) is 24.6 Å². The van der Waals surface area contributed by atoms with Gasteiger partial charge in [0.25, 0.3) is 0 Å². The lowest BCUT2D eigenvalue weighted by atomic mass is 9.88. The van der Waals surface area contributed by atoms with Crippen LogP contribution in [0.4, 0.5) is 0 Å². The SMILES string of the molecule is CCC1CCc2nc(-c3c[nH]ccc3=O)[nH]c2C1. The minimum Gasteiger partial charge on any atom is -0.367 e. The highest BCUT2D eigenvalue weighted by Crippen LogP contribution is 2.27. The number of aromatic amines is 2. The Morgan fingerprint density at radius 1 is 1.50 bits per heavy atom. The number of fused-ring (bicyclic) bond motifs is 1. The van der Waals surface area contributed by atoms with Gasteiger partial charge in [0, 0.05) is 24.2 Å². The number of aromatic nitrogens is 3. The molecule has 4 nitrogen and oxygen atoms in total. The maximum atomic E-state index is 11.8. The molecule has 4 heteroatoms. The molecular weight excluding hydrogens is 226 g/mol. The second kappa shape index (κ2) is 4.44. The third-order valence-electron chi connectivity index (χ3n) is 3.80. The highest BCUT2D eigenvalue weighted by atomic mass is 16.1. The van der Waals surface area contributed by atoms with Crippen molar-refractivity contribution in [3.63, 3.8) is 0 Å². The van der Waals surface area contributed by atoms with Crippen molar-refractivity contribution in [1.29, 1.82) is 0 Å². The number of H-pyrrole nitrogens is 2. The molecule has 0 saturated heterocycles. The first-order chi connectivity index (χ1) is 8.78. The van der Waals surface area contributed by atoms with E-state index in [2.05, 4.69) is 21.9 Å². The second-order valence-electron chi connectivity index (χ2n) is 4.95. The first-order valence-electron chi connectivity index (χ1n) is 6.53. The smallest absolute Gasteiger partial charge is 0.192 e. The fraction of sp³-hybridized carbons (Fsp3) is 0.429. The van der Waals surface area contributed by atoms with Gasteiger partial charge in [0.05, 0.1) is 11.3 Å². The van der Waals surface area contributed by atoms with Gasteiger partial charge in [0.15, 0.2) is 5.43 Å². The summed E-state index contributed by atoms with van der Waals surface area (Å²) >= 11 is 0. The number of pyridine rings is 1. The van der Waals surface area contributed by atoms with E-state index in [-0.39, 0.29) is 5.43 Å². The van der Waals surface area contributed by atoms with E-state index in [4.69, 9.17) is 0 Å². The Balaban J connectivity index is 2.00. The maximum Gasteiger partial charge on any atom is 0.192 e. The monoisotopic (exact) mass is 243 g/mol. The van der Waals surface area contributed by atoms with Crippen molar-refractivity contribution in [2.24, 2.45) is 5.92 Å². The summed E-state index contributed by atoms with van der Waals surface area (Å²) in [6, 6.07) is 1.53. The predicted molar refractivity (Wildman–Crippen MR) is 70.5 cm³/mol. The maximum absolute atomic E-state index is 11.8. The first kappa shape index (κ1) is 11.3. The number of nitrogens with one attached hydrogen (secondary N) is 2. The van der Waals surface area contributed by atoms with Crippen LogP contribution in [0, 0.1) is 5.92 Å². The topological polar surface area (TPSA) is 61.5 Å². The minimum absolute atomic E-state index is 0.00638. The van der Waals surface area contributed by atoms with E-state index in [9.17, 15) is 4.79 Å². The average Bonchev–Trinajstić information content (AvgIpc) is 2.81. The van der Waals surface area contributed by atoms with Gasteiger partial charge in [-0.2, -0.15) is 0 Å². The summed E-state index contributed by atoms with van der Waals surface area (Å²) in [5, 5.41) is 0. The number of aryl methyl sites for hydroxylation is 1. The molecule has 0 bridgehead atoms. The van der Waals surface area contributed by atoms with Crippen LogP contribution in [0.3, 0.4) is 0 Å². The van der Waals surface area contributed by atoms with E-state index in [1.54, 1.807) is 12.4 Å². The van der Waals surface area contributed by atoms with Crippen molar-refractivity contribution in [3.05, 3.63) is 40.1 Å². The highest BCUT2D eigenvalue weighted by Gasteiger charge is 2.21. The summed E-state index contributed by atoms with van der Waals surface area (Å²) in [4.78, 5) is 22.6. The van der Waals surface area contributed by atoms with E-state index >= 15 is 0 Å². The first-order valence-corrected chi connectivity index (χ1v) is 6.53. The lowest BCUT2D eigenvalue weighted by Gasteiger charge is -2.18. The zero-order valence-electron chi connectivity index (χ0n) is 10.5. The largest absolute Gasteiger partial charge is 0.367 e. The fourth-order valence-corrected chi connectivity index (χ4v) is 2.63. The lowest BCUT2D eigenvalue weighted by Crippen LogP contribution is -2.12. The molecule has 0 aliphatic heterocycles. The summed E-state index contributed by atoms with van der Waals surface area (Å²) < 4.78 is 0. The molecule has 0 radical (unpaired) electrons. The molecule has 2 aromatic rings. The molecule has 0 spiro atoms. The molecule has 1 unspecified atom stereocenters. The van der Waals surface area contributed by atoms with Crippen molar-refractivity contribution in [2.45, 2.75) is 32.6 Å². The second-order valence-corrected chi connectivity index (χ2v) is 4.95. The average molecular weight is 243 g/mol. The van der Waals surface area contributed by atoms with Gasteiger partial charge in [-0.1, -0.05) is 13.3 Å². The van der Waals surface area contributed by atoms with Gasteiger partial charge < -0.3 is 9.97 Å². The Hall–Kier alpha value is -1.84. The van der Waals surface area contributed by atoms with E-state index in [1.807, 2.05) is 0 Å². The van der Waals surface area contributed by atoms with Crippen molar-refractivity contribution < 1.29 is 0 Å². The van der Waals surface area contributed by atoms with Gasteiger partial charge in [-0.05, 0) is 25.2 Å². The molecule has 0 amide bonds. The van der Waals surface area contributed by atoms with Gasteiger partial charge >= 0.3 is 0 Å². The number of hydrogen-bond donors (Lipinski definition) is 2. The highest BCUT2D eigenvalue weighted by molar-refractivity contribution is 5.54. The third kappa shape index (κ3) is 1.88. The molecule has 1 atom stereocenters. The molecule has 2 heterocycles. The Morgan fingerprint density at radius 2 is 2.39 bits per heavy atom. The number of hydrogen-bond acceptors (Lipinski definition) is 2. The Bertz CT molecular complexity index is 611. The minimum atomic E-state index is 0.00638. The standard InChI is InChI=1S/C14H17N3O/c1-2-9-3-4-11-12(7-9)17-14(16-11)10-8-15-6-5-13(10)18/h5-6,8-9H,2-4,7H2,1H3,(H,15,18)(H,16,17). The molecule has 1 aliphatic rings. The van der Waals surface area contributed by atoms with Crippen LogP contribution < -0.4 is 5.43 Å². The molecule has 0 saturated carbocycles. The van der Waals surface area contributed by atoms with Gasteiger partial charge in [0.2, 0.25) is 0 Å². The summed E-state index contributed by atoms with van der Waals surface area (Å²) in [5.41, 5.74) is 2.98. The van der Waals surface area contributed by atoms with Gasteiger partial charge in [-0.25, -0.2) is 4.98 Å². The zero-order valence-corrected chi connectivity index (χ0v) is 10.5. The molecule has 18 heavy (non-hydrogen) atoms. The molecule has 94 valence electrons. The third-order valence-corrected chi connectivity index (χ3v) is 3.80. The van der Waals surface area contributed by atoms with Crippen molar-refractivity contribution >= 4 is 0 Å². The quantitative estimate of drug-likeness (QED) is 0.850. The van der Waals surface area contributed by atoms with Crippen LogP contribution in [0.2, 0.25) is 0 Å². The Morgan fingerprint density at radius 3 is 3.17 bits per heavy atom. The van der Waals surface area contributed by atoms with Crippen molar-refractivity contribution in [2.75, 3.05) is 0 Å². The summed E-state index contributed by atoms with van der Waals surface area (Å²) in [5.74, 6) is 1.46. The normalized spacial score (nSPS) is 18.6. The van der Waals surface area contributed by atoms with E-state index in [0.29, 0.717) is 11.4 Å². The fourth-order valence-electron chi connectivity index (χ4n) is 2.63. The van der Waals surface area contributed by atoms with Crippen LogP contribution in [-0.4, -0.2) is 15.0 Å². The molecule has 1 aliphatic carbocycles. The Labute approximate surface area is 105 Å². The van der Waals surface area contributed by atoms with Crippen molar-refractivity contribution in [1.82, 2.24) is 15.0 Å². The predicted octanol–water partition coefficient (Wildman–Crippen LogP) is 2.28. The van der Waals surface area contributed by atoms with Crippen LogP contribution >= 0.6 is 0 Å². The molecule has 2 aromatic heterocycles. The zero-order chi connectivity index (χ0) is 12.5. The van der Waals surface area contributed by atoms with Crippen LogP contribution in [0.5, 0.6) is 0 Å². The van der Waals surface area contributed by atoms with Gasteiger partial charge in [0.1, 0.15) is 5.82 Å². The Kier molecular flexibility index (Phi) is 2.78. The molecule has 0 aromatic carbocycles. The van der Waals surface area contributed by atoms with Crippen LogP contribution in [-0.2, 0) is 12.8 Å². The molecular formula is C14H17N3O. The summed E-state index contributed by atoms with van der Waals surface area (Å²) in [6.07, 6.45) is 7.85. The van der Waals surface area contributed by atoms with E-state index in [0.717, 1.165) is 24.5 Å².